The first-order valence-electron chi connectivity index (χ1n) is 6.08. The highest BCUT2D eigenvalue weighted by Gasteiger charge is 2.12. The van der Waals surface area contributed by atoms with Gasteiger partial charge in [-0.1, -0.05) is 6.07 Å². The molecule has 90 valence electrons. The van der Waals surface area contributed by atoms with E-state index < -0.39 is 0 Å². The van der Waals surface area contributed by atoms with Gasteiger partial charge in [0.15, 0.2) is 12.1 Å². The van der Waals surface area contributed by atoms with Crippen LogP contribution in [0, 0.1) is 0 Å². The van der Waals surface area contributed by atoms with Crippen LogP contribution in [0.15, 0.2) is 30.5 Å². The third kappa shape index (κ3) is 1.78. The van der Waals surface area contributed by atoms with Gasteiger partial charge in [-0.2, -0.15) is 0 Å². The minimum atomic E-state index is 0.195. The average Bonchev–Trinajstić information content (AvgIpc) is 2.80. The zero-order valence-corrected chi connectivity index (χ0v) is 9.90. The molecule has 1 aliphatic rings. The van der Waals surface area contributed by atoms with Crippen molar-refractivity contribution < 1.29 is 9.59 Å². The van der Waals surface area contributed by atoms with Gasteiger partial charge in [-0.15, -0.1) is 0 Å². The molecular weight excluding hydrogens is 226 g/mol. The lowest BCUT2D eigenvalue weighted by atomic mass is 9.92. The largest absolute Gasteiger partial charge is 0.360 e. The smallest absolute Gasteiger partial charge is 0.155 e. The third-order valence-corrected chi connectivity index (χ3v) is 3.42. The van der Waals surface area contributed by atoms with Gasteiger partial charge in [-0.05, 0) is 42.2 Å². The number of allylic oxidation sites excluding steroid dienone is 2. The van der Waals surface area contributed by atoms with E-state index >= 15 is 0 Å². The van der Waals surface area contributed by atoms with E-state index in [2.05, 4.69) is 4.98 Å². The van der Waals surface area contributed by atoms with Crippen LogP contribution in [0.1, 0.15) is 35.2 Å². The van der Waals surface area contributed by atoms with E-state index in [4.69, 9.17) is 0 Å². The molecule has 3 heteroatoms. The number of carbonyl (C=O) groups excluding carboxylic acids is 2. The fraction of sp³-hybridized carbons (Fsp3) is 0.200. The topological polar surface area (TPSA) is 49.9 Å². The highest BCUT2D eigenvalue weighted by molar-refractivity contribution is 6.01. The average molecular weight is 239 g/mol. The van der Waals surface area contributed by atoms with Crippen LogP contribution in [-0.2, 0) is 4.79 Å². The van der Waals surface area contributed by atoms with Gasteiger partial charge in [0.2, 0.25) is 0 Å². The molecule has 0 unspecified atom stereocenters. The SMILES string of the molecule is O=Cc1c[nH]c2ccc(C3=CC(=O)CCC3)cc12. The second kappa shape index (κ2) is 4.26. The summed E-state index contributed by atoms with van der Waals surface area (Å²) < 4.78 is 0. The van der Waals surface area contributed by atoms with Gasteiger partial charge >= 0.3 is 0 Å². The summed E-state index contributed by atoms with van der Waals surface area (Å²) in [6.45, 7) is 0. The Morgan fingerprint density at radius 1 is 1.22 bits per heavy atom. The van der Waals surface area contributed by atoms with E-state index in [9.17, 15) is 9.59 Å². The number of fused-ring (bicyclic) bond motifs is 1. The fourth-order valence-corrected chi connectivity index (χ4v) is 2.46. The molecule has 18 heavy (non-hydrogen) atoms. The molecule has 0 spiro atoms. The van der Waals surface area contributed by atoms with Crippen LogP contribution in [0.4, 0.5) is 0 Å². The number of hydrogen-bond acceptors (Lipinski definition) is 2. The predicted molar refractivity (Wildman–Crippen MR) is 70.5 cm³/mol. The third-order valence-electron chi connectivity index (χ3n) is 3.42. The van der Waals surface area contributed by atoms with Crippen LogP contribution >= 0.6 is 0 Å². The predicted octanol–water partition coefficient (Wildman–Crippen LogP) is 3.12. The Hall–Kier alpha value is -2.16. The minimum Gasteiger partial charge on any atom is -0.360 e. The van der Waals surface area contributed by atoms with Crippen molar-refractivity contribution in [2.45, 2.75) is 19.3 Å². The Kier molecular flexibility index (Phi) is 2.59. The minimum absolute atomic E-state index is 0.195. The summed E-state index contributed by atoms with van der Waals surface area (Å²) in [5, 5.41) is 0.918. The van der Waals surface area contributed by atoms with E-state index in [1.54, 1.807) is 12.3 Å². The summed E-state index contributed by atoms with van der Waals surface area (Å²) in [6, 6.07) is 5.94. The summed E-state index contributed by atoms with van der Waals surface area (Å²) in [4.78, 5) is 25.4. The Morgan fingerprint density at radius 2 is 2.11 bits per heavy atom. The number of ketones is 1. The molecular formula is C15H13NO2. The molecule has 1 aromatic carbocycles. The number of rotatable bonds is 2. The van der Waals surface area contributed by atoms with Crippen molar-refractivity contribution in [2.75, 3.05) is 0 Å². The first kappa shape index (κ1) is 11.0. The quantitative estimate of drug-likeness (QED) is 0.818. The highest BCUT2D eigenvalue weighted by atomic mass is 16.1. The van der Waals surface area contributed by atoms with Crippen molar-refractivity contribution in [3.63, 3.8) is 0 Å². The number of hydrogen-bond donors (Lipinski definition) is 1. The number of carbonyl (C=O) groups is 2. The van der Waals surface area contributed by atoms with Crippen LogP contribution in [0.2, 0.25) is 0 Å². The van der Waals surface area contributed by atoms with Crippen molar-refractivity contribution >= 4 is 28.5 Å². The van der Waals surface area contributed by atoms with Crippen molar-refractivity contribution in [1.82, 2.24) is 4.98 Å². The molecule has 1 aromatic heterocycles. The highest BCUT2D eigenvalue weighted by Crippen LogP contribution is 2.28. The number of benzene rings is 1. The van der Waals surface area contributed by atoms with Crippen LogP contribution in [0.5, 0.6) is 0 Å². The van der Waals surface area contributed by atoms with E-state index in [1.165, 1.54) is 0 Å². The maximum absolute atomic E-state index is 11.4. The Bertz CT molecular complexity index is 664. The molecule has 0 fully saturated rings. The second-order valence-corrected chi connectivity index (χ2v) is 4.61. The maximum Gasteiger partial charge on any atom is 0.155 e. The molecule has 0 saturated carbocycles. The van der Waals surface area contributed by atoms with E-state index in [1.807, 2.05) is 18.2 Å². The van der Waals surface area contributed by atoms with Gasteiger partial charge in [0.05, 0.1) is 0 Å². The number of nitrogens with one attached hydrogen (secondary N) is 1. The molecule has 0 atom stereocenters. The van der Waals surface area contributed by atoms with Crippen molar-refractivity contribution in [3.8, 4) is 0 Å². The van der Waals surface area contributed by atoms with E-state index in [-0.39, 0.29) is 5.78 Å². The molecule has 3 rings (SSSR count). The first-order chi connectivity index (χ1) is 8.78. The maximum atomic E-state index is 11.4. The Morgan fingerprint density at radius 3 is 2.89 bits per heavy atom. The van der Waals surface area contributed by atoms with Crippen LogP contribution in [0.3, 0.4) is 0 Å². The first-order valence-corrected chi connectivity index (χ1v) is 6.08. The standard InChI is InChI=1S/C15H13NO2/c17-9-12-8-16-15-5-4-11(7-14(12)15)10-2-1-3-13(18)6-10/h4-9,16H,1-3H2. The summed E-state index contributed by atoms with van der Waals surface area (Å²) in [7, 11) is 0. The fourth-order valence-electron chi connectivity index (χ4n) is 2.46. The van der Waals surface area contributed by atoms with Gasteiger partial charge in [-0.25, -0.2) is 0 Å². The van der Waals surface area contributed by atoms with Gasteiger partial charge in [-0.3, -0.25) is 9.59 Å². The molecule has 0 amide bonds. The monoisotopic (exact) mass is 239 g/mol. The van der Waals surface area contributed by atoms with Gasteiger partial charge in [0.25, 0.3) is 0 Å². The summed E-state index contributed by atoms with van der Waals surface area (Å²) >= 11 is 0. The normalized spacial score (nSPS) is 15.8. The van der Waals surface area contributed by atoms with Crippen LogP contribution in [-0.4, -0.2) is 17.1 Å². The number of aromatic amines is 1. The zero-order valence-electron chi connectivity index (χ0n) is 9.90. The van der Waals surface area contributed by atoms with Crippen molar-refractivity contribution in [2.24, 2.45) is 0 Å². The summed E-state index contributed by atoms with van der Waals surface area (Å²) in [5.41, 5.74) is 3.72. The van der Waals surface area contributed by atoms with Gasteiger partial charge in [0, 0.05) is 29.1 Å². The Labute approximate surface area is 105 Å². The molecule has 0 radical (unpaired) electrons. The molecule has 1 N–H and O–H groups in total. The Balaban J connectivity index is 2.12. The lowest BCUT2D eigenvalue weighted by Gasteiger charge is -2.12. The molecule has 0 aliphatic heterocycles. The lowest BCUT2D eigenvalue weighted by molar-refractivity contribution is -0.114. The molecule has 2 aromatic rings. The van der Waals surface area contributed by atoms with Gasteiger partial charge < -0.3 is 4.98 Å². The molecule has 0 saturated heterocycles. The van der Waals surface area contributed by atoms with Crippen LogP contribution in [0.25, 0.3) is 16.5 Å². The molecule has 1 heterocycles. The molecule has 3 nitrogen and oxygen atoms in total. The number of H-pyrrole nitrogens is 1. The summed E-state index contributed by atoms with van der Waals surface area (Å²) in [5.74, 6) is 0.195. The van der Waals surface area contributed by atoms with Crippen molar-refractivity contribution in [1.29, 1.82) is 0 Å². The molecule has 1 aliphatic carbocycles. The van der Waals surface area contributed by atoms with Crippen molar-refractivity contribution in [3.05, 3.63) is 41.6 Å². The van der Waals surface area contributed by atoms with E-state index in [0.29, 0.717) is 12.0 Å². The lowest BCUT2D eigenvalue weighted by Crippen LogP contribution is -2.01. The zero-order chi connectivity index (χ0) is 12.5. The number of aldehydes is 1. The number of aromatic nitrogens is 1. The summed E-state index contributed by atoms with van der Waals surface area (Å²) in [6.07, 6.45) is 6.78. The second-order valence-electron chi connectivity index (χ2n) is 4.61. The van der Waals surface area contributed by atoms with Crippen LogP contribution < -0.4 is 0 Å². The van der Waals surface area contributed by atoms with Gasteiger partial charge in [0.1, 0.15) is 0 Å². The van der Waals surface area contributed by atoms with E-state index in [0.717, 1.165) is 41.2 Å². The molecule has 0 bridgehead atoms.